The Bertz CT molecular complexity index is 473. The minimum absolute atomic E-state index is 0.296. The summed E-state index contributed by atoms with van der Waals surface area (Å²) >= 11 is 0. The van der Waals surface area contributed by atoms with Crippen molar-refractivity contribution in [2.75, 3.05) is 0 Å². The van der Waals surface area contributed by atoms with Crippen molar-refractivity contribution < 1.29 is 0 Å². The first-order chi connectivity index (χ1) is 9.17. The van der Waals surface area contributed by atoms with Gasteiger partial charge in [0.15, 0.2) is 0 Å². The number of aryl methyl sites for hydroxylation is 1. The fourth-order valence-electron chi connectivity index (χ4n) is 5.36. The number of rotatable bonds is 2. The smallest absolute Gasteiger partial charge is 0.135 e. The van der Waals surface area contributed by atoms with E-state index in [4.69, 9.17) is 15.7 Å². The Balaban J connectivity index is 1.77. The van der Waals surface area contributed by atoms with Gasteiger partial charge in [-0.15, -0.1) is 0 Å². The van der Waals surface area contributed by atoms with E-state index in [1.807, 2.05) is 6.07 Å². The third-order valence-corrected chi connectivity index (χ3v) is 5.63. The van der Waals surface area contributed by atoms with Gasteiger partial charge in [-0.25, -0.2) is 9.97 Å². The van der Waals surface area contributed by atoms with Crippen LogP contribution in [0.1, 0.15) is 55.7 Å². The van der Waals surface area contributed by atoms with Crippen LogP contribution in [-0.4, -0.2) is 9.97 Å². The van der Waals surface area contributed by atoms with Crippen LogP contribution in [0.2, 0.25) is 0 Å². The van der Waals surface area contributed by atoms with Gasteiger partial charge in [-0.05, 0) is 69.3 Å². The standard InChI is InChI=1S/C16H23N3/c1-10-2-14(9-17)19-15(18-10)16-6-11-3-12(7-16)5-13(4-11)8-16/h2,11-13H,3-9,17H2,1H3. The van der Waals surface area contributed by atoms with Gasteiger partial charge in [0.25, 0.3) is 0 Å². The van der Waals surface area contributed by atoms with E-state index < -0.39 is 0 Å². The monoisotopic (exact) mass is 257 g/mol. The summed E-state index contributed by atoms with van der Waals surface area (Å²) in [5, 5.41) is 0. The van der Waals surface area contributed by atoms with Gasteiger partial charge in [0.1, 0.15) is 5.82 Å². The van der Waals surface area contributed by atoms with Crippen molar-refractivity contribution in [1.29, 1.82) is 0 Å². The van der Waals surface area contributed by atoms with E-state index in [9.17, 15) is 0 Å². The molecule has 0 aromatic carbocycles. The Morgan fingerprint density at radius 1 is 1.11 bits per heavy atom. The lowest BCUT2D eigenvalue weighted by Gasteiger charge is -2.56. The minimum atomic E-state index is 0.296. The summed E-state index contributed by atoms with van der Waals surface area (Å²) in [7, 11) is 0. The van der Waals surface area contributed by atoms with Crippen LogP contribution in [0.15, 0.2) is 6.07 Å². The zero-order valence-electron chi connectivity index (χ0n) is 11.7. The number of nitrogens with zero attached hydrogens (tertiary/aromatic N) is 2. The number of hydrogen-bond donors (Lipinski definition) is 1. The first-order valence-electron chi connectivity index (χ1n) is 7.72. The normalized spacial score (nSPS) is 39.8. The molecule has 0 spiro atoms. The van der Waals surface area contributed by atoms with E-state index in [1.165, 1.54) is 38.5 Å². The lowest BCUT2D eigenvalue weighted by Crippen LogP contribution is -2.49. The Kier molecular flexibility index (Phi) is 2.50. The molecule has 3 heteroatoms. The van der Waals surface area contributed by atoms with Crippen molar-refractivity contribution in [3.05, 3.63) is 23.3 Å². The van der Waals surface area contributed by atoms with Crippen molar-refractivity contribution in [2.45, 2.75) is 57.4 Å². The Hall–Kier alpha value is -0.960. The highest BCUT2D eigenvalue weighted by molar-refractivity contribution is 5.21. The molecule has 0 saturated heterocycles. The van der Waals surface area contributed by atoms with Crippen LogP contribution < -0.4 is 5.73 Å². The molecule has 5 rings (SSSR count). The summed E-state index contributed by atoms with van der Waals surface area (Å²) in [5.41, 5.74) is 8.18. The molecule has 19 heavy (non-hydrogen) atoms. The average Bonchev–Trinajstić information content (AvgIpc) is 2.36. The third-order valence-electron chi connectivity index (χ3n) is 5.63. The molecule has 4 fully saturated rings. The molecule has 2 N–H and O–H groups in total. The maximum Gasteiger partial charge on any atom is 0.135 e. The molecule has 1 aromatic rings. The maximum absolute atomic E-state index is 5.79. The van der Waals surface area contributed by atoms with Crippen molar-refractivity contribution >= 4 is 0 Å². The highest BCUT2D eigenvalue weighted by atomic mass is 14.9. The van der Waals surface area contributed by atoms with Gasteiger partial charge in [-0.2, -0.15) is 0 Å². The Morgan fingerprint density at radius 2 is 1.68 bits per heavy atom. The summed E-state index contributed by atoms with van der Waals surface area (Å²) in [6, 6.07) is 2.03. The second-order valence-corrected chi connectivity index (χ2v) is 7.23. The van der Waals surface area contributed by atoms with Crippen LogP contribution in [0.5, 0.6) is 0 Å². The SMILES string of the molecule is Cc1cc(CN)nc(C23CC4CC(CC(C4)C2)C3)n1. The molecule has 0 amide bonds. The van der Waals surface area contributed by atoms with Crippen molar-refractivity contribution in [2.24, 2.45) is 23.5 Å². The average molecular weight is 257 g/mol. The zero-order chi connectivity index (χ0) is 13.0. The summed E-state index contributed by atoms with van der Waals surface area (Å²) in [6.07, 6.45) is 8.38. The van der Waals surface area contributed by atoms with Crippen LogP contribution in [0.25, 0.3) is 0 Å². The Labute approximate surface area is 115 Å². The fraction of sp³-hybridized carbons (Fsp3) is 0.750. The van der Waals surface area contributed by atoms with Crippen LogP contribution in [-0.2, 0) is 12.0 Å². The molecule has 0 radical (unpaired) electrons. The van der Waals surface area contributed by atoms with E-state index in [-0.39, 0.29) is 0 Å². The molecule has 102 valence electrons. The van der Waals surface area contributed by atoms with Crippen LogP contribution in [0.4, 0.5) is 0 Å². The summed E-state index contributed by atoms with van der Waals surface area (Å²) in [6.45, 7) is 2.60. The zero-order valence-corrected chi connectivity index (χ0v) is 11.7. The molecule has 0 atom stereocenters. The second-order valence-electron chi connectivity index (χ2n) is 7.23. The molecule has 0 unspecified atom stereocenters. The van der Waals surface area contributed by atoms with E-state index in [0.29, 0.717) is 12.0 Å². The summed E-state index contributed by atoms with van der Waals surface area (Å²) < 4.78 is 0. The number of aromatic nitrogens is 2. The van der Waals surface area contributed by atoms with Gasteiger partial charge in [0, 0.05) is 17.7 Å². The molecule has 1 heterocycles. The number of nitrogens with two attached hydrogens (primary N) is 1. The van der Waals surface area contributed by atoms with Crippen molar-refractivity contribution in [3.8, 4) is 0 Å². The van der Waals surface area contributed by atoms with E-state index in [2.05, 4.69) is 6.92 Å². The predicted octanol–water partition coefficient (Wildman–Crippen LogP) is 2.71. The van der Waals surface area contributed by atoms with Gasteiger partial charge in [-0.3, -0.25) is 0 Å². The molecular weight excluding hydrogens is 234 g/mol. The minimum Gasteiger partial charge on any atom is -0.325 e. The quantitative estimate of drug-likeness (QED) is 0.886. The Morgan fingerprint density at radius 3 is 2.21 bits per heavy atom. The van der Waals surface area contributed by atoms with Gasteiger partial charge in [-0.1, -0.05) is 0 Å². The largest absolute Gasteiger partial charge is 0.325 e. The van der Waals surface area contributed by atoms with Gasteiger partial charge < -0.3 is 5.73 Å². The van der Waals surface area contributed by atoms with Crippen LogP contribution in [0, 0.1) is 24.7 Å². The molecule has 4 aliphatic rings. The lowest BCUT2D eigenvalue weighted by atomic mass is 9.49. The first-order valence-corrected chi connectivity index (χ1v) is 7.72. The molecule has 4 bridgehead atoms. The number of hydrogen-bond acceptors (Lipinski definition) is 3. The third kappa shape index (κ3) is 1.82. The van der Waals surface area contributed by atoms with Gasteiger partial charge >= 0.3 is 0 Å². The predicted molar refractivity (Wildman–Crippen MR) is 74.5 cm³/mol. The molecular formula is C16H23N3. The highest BCUT2D eigenvalue weighted by Gasteiger charge is 2.53. The van der Waals surface area contributed by atoms with Crippen molar-refractivity contribution in [3.63, 3.8) is 0 Å². The first kappa shape index (κ1) is 11.8. The maximum atomic E-state index is 5.79. The highest BCUT2D eigenvalue weighted by Crippen LogP contribution is 2.60. The van der Waals surface area contributed by atoms with Gasteiger partial charge in [0.2, 0.25) is 0 Å². The molecule has 3 nitrogen and oxygen atoms in total. The molecule has 0 aliphatic heterocycles. The molecule has 4 saturated carbocycles. The van der Waals surface area contributed by atoms with Gasteiger partial charge in [0.05, 0.1) is 5.69 Å². The summed E-state index contributed by atoms with van der Waals surface area (Å²) in [5.74, 6) is 3.94. The molecule has 1 aromatic heterocycles. The summed E-state index contributed by atoms with van der Waals surface area (Å²) in [4.78, 5) is 9.61. The van der Waals surface area contributed by atoms with E-state index in [1.54, 1.807) is 0 Å². The molecule has 4 aliphatic carbocycles. The van der Waals surface area contributed by atoms with Crippen LogP contribution >= 0.6 is 0 Å². The lowest BCUT2D eigenvalue weighted by molar-refractivity contribution is -0.00956. The second kappa shape index (κ2) is 4.02. The van der Waals surface area contributed by atoms with Crippen molar-refractivity contribution in [1.82, 2.24) is 9.97 Å². The van der Waals surface area contributed by atoms with E-state index in [0.717, 1.165) is 35.0 Å². The topological polar surface area (TPSA) is 51.8 Å². The van der Waals surface area contributed by atoms with Crippen LogP contribution in [0.3, 0.4) is 0 Å². The fourth-order valence-corrected chi connectivity index (χ4v) is 5.36. The van der Waals surface area contributed by atoms with E-state index >= 15 is 0 Å².